The van der Waals surface area contributed by atoms with Crippen LogP contribution in [0.25, 0.3) is 0 Å². The SMILES string of the molecule is O=C(CCOc1ccccc1)N1CCN(S(=O)(=O)c2cc(F)ccc2F)CC1. The minimum atomic E-state index is -4.16. The van der Waals surface area contributed by atoms with Gasteiger partial charge in [-0.15, -0.1) is 0 Å². The summed E-state index contributed by atoms with van der Waals surface area (Å²) in [5, 5.41) is 0. The second-order valence-corrected chi connectivity index (χ2v) is 8.18. The third-order valence-electron chi connectivity index (χ3n) is 4.43. The lowest BCUT2D eigenvalue weighted by Crippen LogP contribution is -2.50. The highest BCUT2D eigenvalue weighted by atomic mass is 32.2. The molecule has 9 heteroatoms. The minimum Gasteiger partial charge on any atom is -0.493 e. The molecule has 2 aromatic rings. The zero-order valence-electron chi connectivity index (χ0n) is 15.1. The van der Waals surface area contributed by atoms with Crippen molar-refractivity contribution in [1.82, 2.24) is 9.21 Å². The molecule has 28 heavy (non-hydrogen) atoms. The fraction of sp³-hybridized carbons (Fsp3) is 0.316. The monoisotopic (exact) mass is 410 g/mol. The van der Waals surface area contributed by atoms with Crippen molar-refractivity contribution < 1.29 is 26.7 Å². The molecule has 1 aliphatic rings. The van der Waals surface area contributed by atoms with Crippen molar-refractivity contribution in [3.05, 3.63) is 60.2 Å². The van der Waals surface area contributed by atoms with Crippen molar-refractivity contribution in [2.75, 3.05) is 32.8 Å². The summed E-state index contributed by atoms with van der Waals surface area (Å²) in [6.07, 6.45) is 0.167. The molecule has 3 rings (SSSR count). The number of carbonyl (C=O) groups excluding carboxylic acids is 1. The highest BCUT2D eigenvalue weighted by Crippen LogP contribution is 2.22. The topological polar surface area (TPSA) is 66.9 Å². The van der Waals surface area contributed by atoms with Crippen LogP contribution in [0.3, 0.4) is 0 Å². The van der Waals surface area contributed by atoms with Gasteiger partial charge in [0.15, 0.2) is 0 Å². The normalized spacial score (nSPS) is 15.4. The molecule has 0 spiro atoms. The lowest BCUT2D eigenvalue weighted by Gasteiger charge is -2.34. The van der Waals surface area contributed by atoms with Gasteiger partial charge in [-0.05, 0) is 30.3 Å². The second kappa shape index (κ2) is 8.66. The van der Waals surface area contributed by atoms with Crippen LogP contribution in [0, 0.1) is 11.6 Å². The van der Waals surface area contributed by atoms with E-state index < -0.39 is 26.6 Å². The van der Waals surface area contributed by atoms with Gasteiger partial charge in [0.2, 0.25) is 15.9 Å². The van der Waals surface area contributed by atoms with E-state index >= 15 is 0 Å². The lowest BCUT2D eigenvalue weighted by molar-refractivity contribution is -0.132. The molecule has 0 aliphatic carbocycles. The number of piperazine rings is 1. The van der Waals surface area contributed by atoms with Crippen LogP contribution in [0.1, 0.15) is 6.42 Å². The highest BCUT2D eigenvalue weighted by molar-refractivity contribution is 7.89. The van der Waals surface area contributed by atoms with E-state index in [1.807, 2.05) is 18.2 Å². The van der Waals surface area contributed by atoms with E-state index in [4.69, 9.17) is 4.74 Å². The molecule has 0 unspecified atom stereocenters. The Balaban J connectivity index is 1.53. The molecule has 1 saturated heterocycles. The van der Waals surface area contributed by atoms with E-state index in [1.54, 1.807) is 17.0 Å². The zero-order chi connectivity index (χ0) is 20.1. The van der Waals surface area contributed by atoms with Crippen LogP contribution in [-0.4, -0.2) is 56.3 Å². The molecule has 150 valence electrons. The quantitative estimate of drug-likeness (QED) is 0.733. The molecule has 0 bridgehead atoms. The van der Waals surface area contributed by atoms with E-state index in [9.17, 15) is 22.0 Å². The third-order valence-corrected chi connectivity index (χ3v) is 6.34. The minimum absolute atomic E-state index is 0.0174. The Labute approximate surface area is 162 Å². The molecule has 1 aliphatic heterocycles. The van der Waals surface area contributed by atoms with Gasteiger partial charge < -0.3 is 9.64 Å². The largest absolute Gasteiger partial charge is 0.493 e. The Hall–Kier alpha value is -2.52. The summed E-state index contributed by atoms with van der Waals surface area (Å²) in [5.41, 5.74) is 0. The molecule has 0 atom stereocenters. The first-order valence-corrected chi connectivity index (χ1v) is 10.2. The number of hydrogen-bond donors (Lipinski definition) is 0. The first-order valence-electron chi connectivity index (χ1n) is 8.79. The van der Waals surface area contributed by atoms with Crippen molar-refractivity contribution in [2.24, 2.45) is 0 Å². The fourth-order valence-corrected chi connectivity index (χ4v) is 4.42. The Kier molecular flexibility index (Phi) is 6.25. The molecule has 2 aromatic carbocycles. The molecule has 1 heterocycles. The number of nitrogens with zero attached hydrogens (tertiary/aromatic N) is 2. The third kappa shape index (κ3) is 4.66. The number of ether oxygens (including phenoxy) is 1. The number of hydrogen-bond acceptors (Lipinski definition) is 4. The molecule has 1 amide bonds. The maximum atomic E-state index is 13.9. The number of carbonyl (C=O) groups is 1. The molecule has 6 nitrogen and oxygen atoms in total. The van der Waals surface area contributed by atoms with E-state index in [1.165, 1.54) is 0 Å². The molecule has 0 saturated carbocycles. The zero-order valence-corrected chi connectivity index (χ0v) is 15.9. The fourth-order valence-electron chi connectivity index (χ4n) is 2.92. The average Bonchev–Trinajstić information content (AvgIpc) is 2.70. The maximum Gasteiger partial charge on any atom is 0.246 e. The standard InChI is InChI=1S/C19H20F2N2O4S/c20-15-6-7-17(21)18(14-15)28(25,26)23-11-9-22(10-12-23)19(24)8-13-27-16-4-2-1-3-5-16/h1-7,14H,8-13H2. The average molecular weight is 410 g/mol. The molecule has 0 aromatic heterocycles. The number of amides is 1. The summed E-state index contributed by atoms with van der Waals surface area (Å²) in [4.78, 5) is 13.1. The van der Waals surface area contributed by atoms with Crippen LogP contribution < -0.4 is 4.74 Å². The first-order chi connectivity index (χ1) is 13.4. The highest BCUT2D eigenvalue weighted by Gasteiger charge is 2.32. The Morgan fingerprint density at radius 3 is 2.36 bits per heavy atom. The van der Waals surface area contributed by atoms with E-state index in [2.05, 4.69) is 0 Å². The molecule has 0 radical (unpaired) electrons. The summed E-state index contributed by atoms with van der Waals surface area (Å²) in [5.74, 6) is -1.31. The predicted octanol–water partition coefficient (Wildman–Crippen LogP) is 2.27. The number of para-hydroxylation sites is 1. The summed E-state index contributed by atoms with van der Waals surface area (Å²) >= 11 is 0. The Morgan fingerprint density at radius 1 is 1.00 bits per heavy atom. The molecular formula is C19H20F2N2O4S. The first kappa shape index (κ1) is 20.2. The van der Waals surface area contributed by atoms with Crippen LogP contribution in [0.4, 0.5) is 8.78 Å². The van der Waals surface area contributed by atoms with Crippen LogP contribution in [0.5, 0.6) is 5.75 Å². The van der Waals surface area contributed by atoms with Crippen LogP contribution in [0.15, 0.2) is 53.4 Å². The summed E-state index contributed by atoms with van der Waals surface area (Å²) in [7, 11) is -4.16. The molecule has 0 N–H and O–H groups in total. The summed E-state index contributed by atoms with van der Waals surface area (Å²) < 4.78 is 58.9. The van der Waals surface area contributed by atoms with Crippen LogP contribution >= 0.6 is 0 Å². The van der Waals surface area contributed by atoms with Crippen molar-refractivity contribution in [3.8, 4) is 5.75 Å². The van der Waals surface area contributed by atoms with Crippen molar-refractivity contribution in [3.63, 3.8) is 0 Å². The van der Waals surface area contributed by atoms with Gasteiger partial charge in [0.1, 0.15) is 22.3 Å². The predicted molar refractivity (Wildman–Crippen MR) is 98.3 cm³/mol. The number of sulfonamides is 1. The van der Waals surface area contributed by atoms with Crippen LogP contribution in [0.2, 0.25) is 0 Å². The van der Waals surface area contributed by atoms with Gasteiger partial charge in [0.05, 0.1) is 13.0 Å². The van der Waals surface area contributed by atoms with Gasteiger partial charge in [-0.3, -0.25) is 4.79 Å². The summed E-state index contributed by atoms with van der Waals surface area (Å²) in [6.45, 7) is 0.615. The number of benzene rings is 2. The summed E-state index contributed by atoms with van der Waals surface area (Å²) in [6, 6.07) is 11.4. The Morgan fingerprint density at radius 2 is 1.68 bits per heavy atom. The van der Waals surface area contributed by atoms with E-state index in [0.717, 1.165) is 16.4 Å². The van der Waals surface area contributed by atoms with E-state index in [-0.39, 0.29) is 45.1 Å². The second-order valence-electron chi connectivity index (χ2n) is 6.27. The number of halogens is 2. The van der Waals surface area contributed by atoms with Crippen molar-refractivity contribution in [1.29, 1.82) is 0 Å². The van der Waals surface area contributed by atoms with Gasteiger partial charge in [-0.1, -0.05) is 18.2 Å². The molecular weight excluding hydrogens is 390 g/mol. The Bertz CT molecular complexity index is 930. The van der Waals surface area contributed by atoms with E-state index in [0.29, 0.717) is 11.8 Å². The van der Waals surface area contributed by atoms with Crippen molar-refractivity contribution >= 4 is 15.9 Å². The number of rotatable bonds is 6. The van der Waals surface area contributed by atoms with Gasteiger partial charge in [-0.2, -0.15) is 4.31 Å². The van der Waals surface area contributed by atoms with Gasteiger partial charge in [0, 0.05) is 26.2 Å². The van der Waals surface area contributed by atoms with Gasteiger partial charge in [0.25, 0.3) is 0 Å². The van der Waals surface area contributed by atoms with Gasteiger partial charge in [-0.25, -0.2) is 17.2 Å². The van der Waals surface area contributed by atoms with Crippen molar-refractivity contribution in [2.45, 2.75) is 11.3 Å². The van der Waals surface area contributed by atoms with Gasteiger partial charge >= 0.3 is 0 Å². The maximum absolute atomic E-state index is 13.9. The van der Waals surface area contributed by atoms with Crippen LogP contribution in [-0.2, 0) is 14.8 Å². The molecule has 1 fully saturated rings. The lowest BCUT2D eigenvalue weighted by atomic mass is 10.3. The smallest absolute Gasteiger partial charge is 0.246 e.